The van der Waals surface area contributed by atoms with Crippen molar-refractivity contribution in [2.75, 3.05) is 34.7 Å². The zero-order valence-corrected chi connectivity index (χ0v) is 16.7. The molecule has 0 bridgehead atoms. The largest absolute Gasteiger partial charge is 0.493 e. The number of rotatable bonds is 4. The molecule has 0 saturated carbocycles. The Morgan fingerprint density at radius 1 is 1.10 bits per heavy atom. The van der Waals surface area contributed by atoms with E-state index in [4.69, 9.17) is 23.7 Å². The minimum absolute atomic E-state index is 0.0408. The fourth-order valence-electron chi connectivity index (χ4n) is 4.74. The minimum Gasteiger partial charge on any atom is -0.493 e. The topological polar surface area (TPSA) is 70.8 Å². The van der Waals surface area contributed by atoms with Crippen LogP contribution in [0.2, 0.25) is 0 Å². The second-order valence-corrected chi connectivity index (χ2v) is 7.33. The molecule has 0 saturated heterocycles. The average Bonchev–Trinajstić information content (AvgIpc) is 3.22. The third kappa shape index (κ3) is 2.58. The predicted molar refractivity (Wildman–Crippen MR) is 105 cm³/mol. The summed E-state index contributed by atoms with van der Waals surface area (Å²) < 4.78 is 28.1. The SMILES string of the molecule is COc1cc2c(c(CO)c1OC)=CC1c3c(cc4c(c3OC)OCO4)CC[NH+]1C=2. The summed E-state index contributed by atoms with van der Waals surface area (Å²) in [4.78, 5) is 1.30. The second-order valence-electron chi connectivity index (χ2n) is 7.33. The monoisotopic (exact) mass is 398 g/mol. The van der Waals surface area contributed by atoms with E-state index in [0.717, 1.165) is 46.0 Å². The van der Waals surface area contributed by atoms with Crippen LogP contribution in [0.3, 0.4) is 0 Å². The Morgan fingerprint density at radius 3 is 2.66 bits per heavy atom. The summed E-state index contributed by atoms with van der Waals surface area (Å²) in [5, 5.41) is 12.1. The Balaban J connectivity index is 1.77. The molecule has 3 heterocycles. The van der Waals surface area contributed by atoms with Crippen LogP contribution in [0, 0.1) is 0 Å². The summed E-state index contributed by atoms with van der Waals surface area (Å²) in [5.41, 5.74) is 3.04. The highest BCUT2D eigenvalue weighted by molar-refractivity contribution is 5.65. The summed E-state index contributed by atoms with van der Waals surface area (Å²) >= 11 is 0. The van der Waals surface area contributed by atoms with Gasteiger partial charge < -0.3 is 28.8 Å². The molecule has 0 aliphatic carbocycles. The number of aliphatic hydroxyl groups excluding tert-OH is 1. The Morgan fingerprint density at radius 2 is 1.93 bits per heavy atom. The van der Waals surface area contributed by atoms with Crippen molar-refractivity contribution >= 4 is 12.3 Å². The van der Waals surface area contributed by atoms with E-state index in [9.17, 15) is 5.11 Å². The van der Waals surface area contributed by atoms with E-state index in [1.165, 1.54) is 10.5 Å². The van der Waals surface area contributed by atoms with Gasteiger partial charge in [-0.15, -0.1) is 0 Å². The lowest BCUT2D eigenvalue weighted by atomic mass is 9.88. The lowest BCUT2D eigenvalue weighted by molar-refractivity contribution is -0.844. The first-order chi connectivity index (χ1) is 14.2. The molecule has 29 heavy (non-hydrogen) atoms. The number of ether oxygens (including phenoxy) is 5. The van der Waals surface area contributed by atoms with Gasteiger partial charge in [-0.1, -0.05) is 0 Å². The third-order valence-electron chi connectivity index (χ3n) is 6.02. The highest BCUT2D eigenvalue weighted by Gasteiger charge is 2.37. The highest BCUT2D eigenvalue weighted by atomic mass is 16.7. The zero-order chi connectivity index (χ0) is 20.1. The molecule has 0 aromatic heterocycles. The van der Waals surface area contributed by atoms with Gasteiger partial charge in [0, 0.05) is 17.2 Å². The van der Waals surface area contributed by atoms with Crippen LogP contribution in [0.25, 0.3) is 12.3 Å². The fourth-order valence-corrected chi connectivity index (χ4v) is 4.74. The van der Waals surface area contributed by atoms with E-state index < -0.39 is 0 Å². The quantitative estimate of drug-likeness (QED) is 0.734. The first-order valence-corrected chi connectivity index (χ1v) is 9.63. The van der Waals surface area contributed by atoms with Crippen LogP contribution in [0.5, 0.6) is 28.7 Å². The molecule has 0 fully saturated rings. The molecule has 7 nitrogen and oxygen atoms in total. The lowest BCUT2D eigenvalue weighted by Crippen LogP contribution is -3.09. The molecular weight excluding hydrogens is 374 g/mol. The number of hydrogen-bond acceptors (Lipinski definition) is 6. The third-order valence-corrected chi connectivity index (χ3v) is 6.02. The van der Waals surface area contributed by atoms with E-state index in [0.29, 0.717) is 17.2 Å². The van der Waals surface area contributed by atoms with Crippen LogP contribution in [0.1, 0.15) is 22.7 Å². The number of quaternary nitrogens is 1. The summed E-state index contributed by atoms with van der Waals surface area (Å²) in [6.07, 6.45) is 5.31. The number of nitrogens with one attached hydrogen (secondary N) is 1. The van der Waals surface area contributed by atoms with Crippen molar-refractivity contribution in [3.8, 4) is 28.7 Å². The Labute approximate surface area is 168 Å². The summed E-state index contributed by atoms with van der Waals surface area (Å²) in [6.45, 7) is 1.01. The predicted octanol–water partition coefficient (Wildman–Crippen LogP) is -0.352. The summed E-state index contributed by atoms with van der Waals surface area (Å²) in [7, 11) is 4.87. The van der Waals surface area contributed by atoms with E-state index in [2.05, 4.69) is 18.3 Å². The van der Waals surface area contributed by atoms with Crippen molar-refractivity contribution in [2.45, 2.75) is 19.1 Å². The number of aliphatic hydroxyl groups is 1. The van der Waals surface area contributed by atoms with Gasteiger partial charge in [0.1, 0.15) is 12.2 Å². The Bertz CT molecular complexity index is 1110. The van der Waals surface area contributed by atoms with Crippen LogP contribution < -0.4 is 39.0 Å². The number of methoxy groups -OCH3 is 3. The molecule has 3 aliphatic rings. The molecule has 5 rings (SSSR count). The molecule has 2 aromatic carbocycles. The minimum atomic E-state index is -0.139. The van der Waals surface area contributed by atoms with Gasteiger partial charge in [-0.05, 0) is 29.0 Å². The van der Waals surface area contributed by atoms with Crippen LogP contribution in [-0.2, 0) is 13.0 Å². The maximum Gasteiger partial charge on any atom is 0.231 e. The smallest absolute Gasteiger partial charge is 0.231 e. The van der Waals surface area contributed by atoms with Gasteiger partial charge in [0.25, 0.3) is 0 Å². The molecule has 3 aliphatic heterocycles. The molecule has 0 spiro atoms. The zero-order valence-electron chi connectivity index (χ0n) is 16.7. The molecule has 0 radical (unpaired) electrons. The van der Waals surface area contributed by atoms with Crippen molar-refractivity contribution in [1.82, 2.24) is 0 Å². The summed E-state index contributed by atoms with van der Waals surface area (Å²) in [6, 6.07) is 4.08. The van der Waals surface area contributed by atoms with Gasteiger partial charge in [0.15, 0.2) is 23.0 Å². The van der Waals surface area contributed by atoms with Crippen LogP contribution >= 0.6 is 0 Å². The fraction of sp³-hybridized carbons (Fsp3) is 0.364. The molecule has 152 valence electrons. The maximum atomic E-state index is 10.1. The molecule has 0 amide bonds. The lowest BCUT2D eigenvalue weighted by Gasteiger charge is -2.33. The van der Waals surface area contributed by atoms with Gasteiger partial charge in [-0.2, -0.15) is 0 Å². The van der Waals surface area contributed by atoms with Crippen LogP contribution in [0.4, 0.5) is 0 Å². The van der Waals surface area contributed by atoms with E-state index in [1.807, 2.05) is 6.07 Å². The van der Waals surface area contributed by atoms with Gasteiger partial charge in [0.05, 0.1) is 40.0 Å². The van der Waals surface area contributed by atoms with Crippen molar-refractivity contribution in [3.63, 3.8) is 0 Å². The molecule has 7 heteroatoms. The average molecular weight is 398 g/mol. The van der Waals surface area contributed by atoms with Crippen LogP contribution in [0.15, 0.2) is 12.1 Å². The molecule has 2 unspecified atom stereocenters. The highest BCUT2D eigenvalue weighted by Crippen LogP contribution is 2.47. The van der Waals surface area contributed by atoms with Crippen LogP contribution in [-0.4, -0.2) is 39.8 Å². The normalized spacial score (nSPS) is 20.6. The van der Waals surface area contributed by atoms with E-state index in [-0.39, 0.29) is 19.4 Å². The van der Waals surface area contributed by atoms with Crippen molar-refractivity contribution in [3.05, 3.63) is 39.3 Å². The van der Waals surface area contributed by atoms with E-state index >= 15 is 0 Å². The second kappa shape index (κ2) is 6.86. The molecule has 2 atom stereocenters. The van der Waals surface area contributed by atoms with Gasteiger partial charge in [0.2, 0.25) is 12.5 Å². The maximum absolute atomic E-state index is 10.1. The van der Waals surface area contributed by atoms with Gasteiger partial charge >= 0.3 is 0 Å². The molecular formula is C22H24NO6+. The number of fused-ring (bicyclic) bond motifs is 5. The van der Waals surface area contributed by atoms with E-state index in [1.54, 1.807) is 21.3 Å². The Kier molecular flexibility index (Phi) is 4.29. The first-order valence-electron chi connectivity index (χ1n) is 9.63. The summed E-state index contributed by atoms with van der Waals surface area (Å²) in [5.74, 6) is 3.33. The Hall–Kier alpha value is -2.90. The first kappa shape index (κ1) is 18.1. The van der Waals surface area contributed by atoms with Crippen molar-refractivity contribution in [2.24, 2.45) is 0 Å². The molecule has 2 aromatic rings. The standard InChI is InChI=1S/C22H23NO6/c1-25-17-7-13-9-23-5-4-12-6-18-21(29-11-28-18)22(27-3)19(12)16(23)8-14(13)15(10-24)20(17)26-2/h6-9,16,24H,4-5,10-11H2,1-3H3/p+1. The molecule has 2 N–H and O–H groups in total. The number of hydrogen-bond donors (Lipinski definition) is 2. The van der Waals surface area contributed by atoms with Crippen molar-refractivity contribution < 1.29 is 33.7 Å². The van der Waals surface area contributed by atoms with Gasteiger partial charge in [-0.3, -0.25) is 4.90 Å². The number of benzene rings is 2. The van der Waals surface area contributed by atoms with Gasteiger partial charge in [-0.25, -0.2) is 0 Å². The van der Waals surface area contributed by atoms with Crippen molar-refractivity contribution in [1.29, 1.82) is 0 Å².